The fourth-order valence-electron chi connectivity index (χ4n) is 3.72. The van der Waals surface area contributed by atoms with Gasteiger partial charge in [-0.1, -0.05) is 42.1 Å². The van der Waals surface area contributed by atoms with Gasteiger partial charge in [-0.15, -0.1) is 5.10 Å². The quantitative estimate of drug-likeness (QED) is 0.223. The van der Waals surface area contributed by atoms with Crippen LogP contribution in [-0.2, 0) is 14.2 Å². The van der Waals surface area contributed by atoms with E-state index in [0.29, 0.717) is 34.5 Å². The molecule has 28 heavy (non-hydrogen) atoms. The van der Waals surface area contributed by atoms with Crippen LogP contribution < -0.4 is 0 Å². The summed E-state index contributed by atoms with van der Waals surface area (Å²) in [5.41, 5.74) is 1.11. The minimum Gasteiger partial charge on any atom is -0.407 e. The summed E-state index contributed by atoms with van der Waals surface area (Å²) in [6, 6.07) is -0.117. The first kappa shape index (κ1) is 22.9. The summed E-state index contributed by atoms with van der Waals surface area (Å²) in [7, 11) is 0. The maximum absolute atomic E-state index is 6.33. The number of hydrogen-bond acceptors (Lipinski definition) is 8. The predicted octanol–water partition coefficient (Wildman–Crippen LogP) is 3.06. The van der Waals surface area contributed by atoms with Crippen molar-refractivity contribution in [1.82, 2.24) is 25.0 Å². The van der Waals surface area contributed by atoms with E-state index in [9.17, 15) is 0 Å². The van der Waals surface area contributed by atoms with Gasteiger partial charge in [0.05, 0.1) is 12.1 Å². The van der Waals surface area contributed by atoms with E-state index in [1.54, 1.807) is 16.4 Å². The fraction of sp³-hybridized carbons (Fsp3) is 0.706. The molecule has 4 atom stereocenters. The molecule has 0 amide bonds. The SMILES string of the molecule is [CH2-]CO[C@H]1C[C@@H](n2nnc3c(Cl)nc(SCCC)nc32)[C@@H]2OC(C)(C)O[C@@H]21.[Tm]. The van der Waals surface area contributed by atoms with Crippen LogP contribution in [-0.4, -0.2) is 61.4 Å². The predicted molar refractivity (Wildman–Crippen MR) is 102 cm³/mol. The van der Waals surface area contributed by atoms with Crippen molar-refractivity contribution in [2.45, 2.75) is 68.9 Å². The van der Waals surface area contributed by atoms with Gasteiger partial charge in [-0.3, -0.25) is 0 Å². The summed E-state index contributed by atoms with van der Waals surface area (Å²) < 4.78 is 19.8. The van der Waals surface area contributed by atoms with Gasteiger partial charge in [0.25, 0.3) is 0 Å². The number of thioether (sulfide) groups is 1. The molecule has 1 saturated carbocycles. The number of halogens is 1. The molecule has 2 fully saturated rings. The number of ether oxygens (including phenoxy) is 3. The van der Waals surface area contributed by atoms with E-state index < -0.39 is 5.79 Å². The van der Waals surface area contributed by atoms with Crippen LogP contribution in [0.25, 0.3) is 11.2 Å². The number of fused-ring (bicyclic) bond motifs is 2. The molecule has 2 aromatic rings. The molecule has 2 aromatic heterocycles. The molecule has 8 nitrogen and oxygen atoms in total. The Bertz CT molecular complexity index is 838. The van der Waals surface area contributed by atoms with Gasteiger partial charge in [-0.25, -0.2) is 14.6 Å². The maximum Gasteiger partial charge on any atom is 0.191 e. The fourth-order valence-corrected chi connectivity index (χ4v) is 4.67. The smallest absolute Gasteiger partial charge is 0.191 e. The van der Waals surface area contributed by atoms with Crippen LogP contribution in [0.4, 0.5) is 0 Å². The van der Waals surface area contributed by atoms with Crippen molar-refractivity contribution in [2.24, 2.45) is 0 Å². The van der Waals surface area contributed by atoms with Gasteiger partial charge >= 0.3 is 0 Å². The standard InChI is InChI=1S/C17H23ClN5O3S.Tm/c1-5-7-27-16-19-14(18)11-15(20-16)23(22-21-11)9-8-10(24-6-2)13-12(9)25-17(3,4)26-13;/h9-10,12-13H,2,5-8H2,1,3-4H3;/q-1;/t9-,10+,12+,13-;/m1./s1. The second-order valence-electron chi connectivity index (χ2n) is 7.13. The molecule has 4 rings (SSSR count). The molecule has 3 heterocycles. The molecule has 1 aliphatic heterocycles. The van der Waals surface area contributed by atoms with Gasteiger partial charge < -0.3 is 21.1 Å². The monoisotopic (exact) mass is 581 g/mol. The number of rotatable bonds is 6. The Morgan fingerprint density at radius 3 is 2.79 bits per heavy atom. The van der Waals surface area contributed by atoms with Crippen LogP contribution in [0, 0.1) is 43.8 Å². The zero-order valence-corrected chi connectivity index (χ0v) is 19.2. The number of aromatic nitrogens is 5. The average molecular weight is 582 g/mol. The largest absolute Gasteiger partial charge is 0.407 e. The van der Waals surface area contributed by atoms with Gasteiger partial charge in [0.1, 0.15) is 12.2 Å². The van der Waals surface area contributed by atoms with Crippen molar-refractivity contribution in [3.63, 3.8) is 0 Å². The molecule has 1 aliphatic carbocycles. The molecule has 2 aliphatic rings. The second-order valence-corrected chi connectivity index (χ2v) is 8.55. The zero-order chi connectivity index (χ0) is 19.2. The minimum absolute atomic E-state index is 0. The molecular formula is C17H23ClN5O3STm-. The van der Waals surface area contributed by atoms with Crippen molar-refractivity contribution >= 4 is 34.5 Å². The van der Waals surface area contributed by atoms with Gasteiger partial charge in [0, 0.05) is 49.0 Å². The molecule has 1 saturated heterocycles. The van der Waals surface area contributed by atoms with Crippen LogP contribution in [0.1, 0.15) is 39.7 Å². The summed E-state index contributed by atoms with van der Waals surface area (Å²) >= 11 is 7.89. The van der Waals surface area contributed by atoms with E-state index >= 15 is 0 Å². The first-order chi connectivity index (χ1) is 12.9. The van der Waals surface area contributed by atoms with E-state index in [4.69, 9.17) is 25.8 Å². The van der Waals surface area contributed by atoms with E-state index in [-0.39, 0.29) is 61.2 Å². The Labute approximate surface area is 202 Å². The normalized spacial score (nSPS) is 28.5. The summed E-state index contributed by atoms with van der Waals surface area (Å²) in [6.07, 6.45) is 1.19. The summed E-state index contributed by atoms with van der Waals surface area (Å²) in [4.78, 5) is 8.98. The van der Waals surface area contributed by atoms with Gasteiger partial charge in [0.2, 0.25) is 0 Å². The Kier molecular flexibility index (Phi) is 7.49. The summed E-state index contributed by atoms with van der Waals surface area (Å²) in [6.45, 7) is 10.1. The van der Waals surface area contributed by atoms with E-state index in [2.05, 4.69) is 34.1 Å². The van der Waals surface area contributed by atoms with Crippen LogP contribution in [0.15, 0.2) is 5.16 Å². The second kappa shape index (κ2) is 9.16. The van der Waals surface area contributed by atoms with Crippen LogP contribution in [0.2, 0.25) is 5.15 Å². The van der Waals surface area contributed by atoms with E-state index in [0.717, 1.165) is 12.2 Å². The maximum atomic E-state index is 6.33. The average Bonchev–Trinajstić information content (AvgIpc) is 3.25. The van der Waals surface area contributed by atoms with Crippen molar-refractivity contribution in [3.8, 4) is 0 Å². The molecule has 0 N–H and O–H groups in total. The Morgan fingerprint density at radius 1 is 1.32 bits per heavy atom. The van der Waals surface area contributed by atoms with Crippen molar-refractivity contribution < 1.29 is 51.1 Å². The Balaban J connectivity index is 0.00000225. The van der Waals surface area contributed by atoms with Gasteiger partial charge in [0.15, 0.2) is 27.3 Å². The number of nitrogens with zero attached hydrogens (tertiary/aromatic N) is 5. The van der Waals surface area contributed by atoms with Gasteiger partial charge in [-0.05, 0) is 20.3 Å². The molecular weight excluding hydrogens is 559 g/mol. The summed E-state index contributed by atoms with van der Waals surface area (Å²) in [5, 5.41) is 9.47. The molecule has 11 heteroatoms. The molecule has 0 bridgehead atoms. The summed E-state index contributed by atoms with van der Waals surface area (Å²) in [5.74, 6) is 0.240. The first-order valence-corrected chi connectivity index (χ1v) is 10.5. The van der Waals surface area contributed by atoms with Crippen LogP contribution in [0.3, 0.4) is 0 Å². The first-order valence-electron chi connectivity index (χ1n) is 9.11. The minimum atomic E-state index is -0.679. The Morgan fingerprint density at radius 2 is 2.07 bits per heavy atom. The van der Waals surface area contributed by atoms with Crippen molar-refractivity contribution in [3.05, 3.63) is 12.1 Å². The Hall–Kier alpha value is 0.234. The third-order valence-electron chi connectivity index (χ3n) is 4.73. The molecule has 1 radical (unpaired) electrons. The molecule has 0 unspecified atom stereocenters. The van der Waals surface area contributed by atoms with Crippen LogP contribution in [0.5, 0.6) is 0 Å². The van der Waals surface area contributed by atoms with Crippen molar-refractivity contribution in [2.75, 3.05) is 12.4 Å². The molecule has 0 aromatic carbocycles. The number of hydrogen-bond donors (Lipinski definition) is 0. The molecule has 0 spiro atoms. The van der Waals surface area contributed by atoms with Gasteiger partial charge in [-0.2, -0.15) is 0 Å². The van der Waals surface area contributed by atoms with Crippen molar-refractivity contribution in [1.29, 1.82) is 0 Å². The molecule has 161 valence electrons. The third-order valence-corrected chi connectivity index (χ3v) is 6.04. The van der Waals surface area contributed by atoms with Crippen LogP contribution >= 0.6 is 23.4 Å². The van der Waals surface area contributed by atoms with E-state index in [1.165, 1.54) is 0 Å². The third kappa shape index (κ3) is 4.31. The zero-order valence-electron chi connectivity index (χ0n) is 15.9. The topological polar surface area (TPSA) is 84.2 Å². The van der Waals surface area contributed by atoms with E-state index in [1.807, 2.05) is 13.8 Å².